The lowest BCUT2D eigenvalue weighted by atomic mass is 10.2. The smallest absolute Gasteiger partial charge is 0.238 e. The van der Waals surface area contributed by atoms with Crippen molar-refractivity contribution < 1.29 is 17.7 Å². The number of nitrogens with one attached hydrogen (secondary N) is 1. The Bertz CT molecular complexity index is 1190. The van der Waals surface area contributed by atoms with Crippen LogP contribution in [0.1, 0.15) is 22.4 Å². The molecule has 4 rings (SSSR count). The van der Waals surface area contributed by atoms with Crippen LogP contribution in [0.3, 0.4) is 0 Å². The minimum Gasteiger partial charge on any atom is -0.238 e. The fourth-order valence-corrected chi connectivity index (χ4v) is 5.00. The zero-order valence-electron chi connectivity index (χ0n) is 16.1. The van der Waals surface area contributed by atoms with Gasteiger partial charge in [-0.2, -0.15) is 13.2 Å². The summed E-state index contributed by atoms with van der Waals surface area (Å²) in [6.07, 6.45) is 0.910. The van der Waals surface area contributed by atoms with Gasteiger partial charge in [0.05, 0.1) is 23.2 Å². The summed E-state index contributed by atoms with van der Waals surface area (Å²) < 4.78 is 41.0. The molecule has 0 spiro atoms. The molecule has 0 unspecified atom stereocenters. The van der Waals surface area contributed by atoms with Crippen LogP contribution in [0, 0.1) is 13.8 Å². The molecule has 3 aromatic heterocycles. The lowest BCUT2D eigenvalue weighted by Gasteiger charge is -2.10. The third-order valence-corrected chi connectivity index (χ3v) is 6.44. The number of fused-ring (bicyclic) bond motifs is 1. The maximum absolute atomic E-state index is 13.0. The maximum Gasteiger partial charge on any atom is 0.416 e. The second-order valence-corrected chi connectivity index (χ2v) is 8.95. The molecule has 0 saturated heterocycles. The van der Waals surface area contributed by atoms with Crippen molar-refractivity contribution >= 4 is 32.6 Å². The van der Waals surface area contributed by atoms with Gasteiger partial charge in [-0.15, -0.1) is 0 Å². The first-order valence-corrected chi connectivity index (χ1v) is 11.3. The van der Waals surface area contributed by atoms with Crippen LogP contribution in [-0.4, -0.2) is 19.9 Å². The molecule has 154 valence electrons. The standard InChI is InChI=1S/C20H17F3N5S2/c1-12-8-13(2)17(11-29-30-19-24-6-3-7-25-19)28(10-12)18-26-15-5-4-14(20(21,22)23)9-16(15)27-18/h3-10H,11H2,1-2H3,(H,26,27)/q+1. The Labute approximate surface area is 178 Å². The van der Waals surface area contributed by atoms with Gasteiger partial charge in [0.15, 0.2) is 10.7 Å². The number of nitrogens with zero attached hydrogens (tertiary/aromatic N) is 4. The fourth-order valence-electron chi connectivity index (χ4n) is 3.06. The molecule has 0 atom stereocenters. The van der Waals surface area contributed by atoms with Gasteiger partial charge in [-0.05, 0) is 60.0 Å². The molecule has 1 N–H and O–H groups in total. The van der Waals surface area contributed by atoms with Gasteiger partial charge in [-0.1, -0.05) is 21.8 Å². The van der Waals surface area contributed by atoms with Crippen molar-refractivity contribution in [3.63, 3.8) is 0 Å². The van der Waals surface area contributed by atoms with Crippen LogP contribution in [0.5, 0.6) is 0 Å². The molecule has 0 aliphatic carbocycles. The molecule has 3 heterocycles. The second-order valence-electron chi connectivity index (χ2n) is 6.68. The van der Waals surface area contributed by atoms with Crippen LogP contribution in [0.2, 0.25) is 0 Å². The highest BCUT2D eigenvalue weighted by molar-refractivity contribution is 8.76. The largest absolute Gasteiger partial charge is 0.416 e. The summed E-state index contributed by atoms with van der Waals surface area (Å²) in [4.78, 5) is 15.9. The van der Waals surface area contributed by atoms with Crippen molar-refractivity contribution in [2.24, 2.45) is 0 Å². The summed E-state index contributed by atoms with van der Waals surface area (Å²) in [6, 6.07) is 7.36. The zero-order valence-corrected chi connectivity index (χ0v) is 17.7. The summed E-state index contributed by atoms with van der Waals surface area (Å²) in [6.45, 7) is 3.98. The van der Waals surface area contributed by atoms with Gasteiger partial charge in [0.25, 0.3) is 0 Å². The number of imidazole rings is 1. The lowest BCUT2D eigenvalue weighted by Crippen LogP contribution is -2.38. The molecule has 0 aliphatic rings. The number of aryl methyl sites for hydroxylation is 2. The quantitative estimate of drug-likeness (QED) is 0.258. The Hall–Kier alpha value is -2.59. The number of hydrogen-bond acceptors (Lipinski definition) is 5. The minimum absolute atomic E-state index is 0.345. The number of hydrogen-bond donors (Lipinski definition) is 1. The number of aromatic amines is 1. The van der Waals surface area contributed by atoms with Gasteiger partial charge in [0.1, 0.15) is 5.52 Å². The molecule has 0 saturated carbocycles. The van der Waals surface area contributed by atoms with E-state index < -0.39 is 11.7 Å². The number of H-pyrrole nitrogens is 1. The lowest BCUT2D eigenvalue weighted by molar-refractivity contribution is -0.611. The molecule has 0 amide bonds. The monoisotopic (exact) mass is 448 g/mol. The van der Waals surface area contributed by atoms with E-state index in [2.05, 4.69) is 26.0 Å². The number of aromatic nitrogens is 5. The van der Waals surface area contributed by atoms with Crippen molar-refractivity contribution in [2.45, 2.75) is 30.9 Å². The van der Waals surface area contributed by atoms with Gasteiger partial charge < -0.3 is 0 Å². The van der Waals surface area contributed by atoms with Crippen LogP contribution < -0.4 is 4.57 Å². The first kappa shape index (κ1) is 20.7. The molecule has 0 bridgehead atoms. The molecule has 10 heteroatoms. The van der Waals surface area contributed by atoms with Crippen molar-refractivity contribution in [3.05, 3.63) is 71.3 Å². The summed E-state index contributed by atoms with van der Waals surface area (Å²) in [5, 5.41) is 0.669. The average Bonchev–Trinajstić information content (AvgIpc) is 3.12. The van der Waals surface area contributed by atoms with Crippen LogP contribution in [0.25, 0.3) is 17.0 Å². The SMILES string of the molecule is Cc1cc(C)c(CSSc2ncccn2)[n+](-c2nc3ccc(C(F)(F)F)cc3[nH]2)c1. The first-order valence-electron chi connectivity index (χ1n) is 8.97. The fraction of sp³-hybridized carbons (Fsp3) is 0.200. The summed E-state index contributed by atoms with van der Waals surface area (Å²) >= 11 is 0. The molecule has 1 aromatic carbocycles. The van der Waals surface area contributed by atoms with Gasteiger partial charge in [-0.25, -0.2) is 19.5 Å². The zero-order chi connectivity index (χ0) is 21.3. The molecular weight excluding hydrogens is 431 g/mol. The van der Waals surface area contributed by atoms with Gasteiger partial charge in [0.2, 0.25) is 0 Å². The van der Waals surface area contributed by atoms with E-state index in [4.69, 9.17) is 0 Å². The van der Waals surface area contributed by atoms with E-state index in [0.717, 1.165) is 29.0 Å². The predicted octanol–water partition coefficient (Wildman–Crippen LogP) is 5.21. The topological polar surface area (TPSA) is 58.3 Å². The molecule has 0 radical (unpaired) electrons. The van der Waals surface area contributed by atoms with Crippen LogP contribution in [0.4, 0.5) is 13.2 Å². The Balaban J connectivity index is 1.67. The van der Waals surface area contributed by atoms with E-state index in [-0.39, 0.29) is 0 Å². The number of rotatable bonds is 5. The molecular formula is C20H17F3N5S2+. The van der Waals surface area contributed by atoms with Crippen LogP contribution >= 0.6 is 21.6 Å². The summed E-state index contributed by atoms with van der Waals surface area (Å²) in [5.41, 5.74) is 3.20. The number of alkyl halides is 3. The predicted molar refractivity (Wildman–Crippen MR) is 111 cm³/mol. The number of benzene rings is 1. The van der Waals surface area contributed by atoms with E-state index in [1.54, 1.807) is 29.3 Å². The Morgan fingerprint density at radius 1 is 1.10 bits per heavy atom. The number of pyridine rings is 1. The molecule has 0 aliphatic heterocycles. The first-order chi connectivity index (χ1) is 14.3. The third-order valence-electron chi connectivity index (χ3n) is 4.42. The van der Waals surface area contributed by atoms with E-state index >= 15 is 0 Å². The van der Waals surface area contributed by atoms with Crippen molar-refractivity contribution in [3.8, 4) is 5.95 Å². The highest BCUT2D eigenvalue weighted by Crippen LogP contribution is 2.32. The molecule has 0 fully saturated rings. The average molecular weight is 449 g/mol. The van der Waals surface area contributed by atoms with Crippen molar-refractivity contribution in [1.82, 2.24) is 19.9 Å². The van der Waals surface area contributed by atoms with Crippen molar-refractivity contribution in [2.75, 3.05) is 0 Å². The van der Waals surface area contributed by atoms with E-state index in [0.29, 0.717) is 27.9 Å². The third kappa shape index (κ3) is 4.44. The molecule has 30 heavy (non-hydrogen) atoms. The summed E-state index contributed by atoms with van der Waals surface area (Å²) in [7, 11) is 3.05. The normalized spacial score (nSPS) is 11.9. The molecule has 5 nitrogen and oxygen atoms in total. The van der Waals surface area contributed by atoms with E-state index in [1.807, 2.05) is 24.6 Å². The second kappa shape index (κ2) is 8.27. The highest BCUT2D eigenvalue weighted by atomic mass is 33.1. The number of halogens is 3. The maximum atomic E-state index is 13.0. The Kier molecular flexibility index (Phi) is 5.70. The Morgan fingerprint density at radius 3 is 2.60 bits per heavy atom. The van der Waals surface area contributed by atoms with Crippen LogP contribution in [-0.2, 0) is 11.9 Å². The minimum atomic E-state index is -4.40. The van der Waals surface area contributed by atoms with E-state index in [9.17, 15) is 13.2 Å². The van der Waals surface area contributed by atoms with Gasteiger partial charge >= 0.3 is 12.1 Å². The summed E-state index contributed by atoms with van der Waals surface area (Å²) in [5.74, 6) is 1.12. The molecule has 4 aromatic rings. The van der Waals surface area contributed by atoms with Crippen molar-refractivity contribution in [1.29, 1.82) is 0 Å². The highest BCUT2D eigenvalue weighted by Gasteiger charge is 2.31. The Morgan fingerprint density at radius 2 is 1.87 bits per heavy atom. The van der Waals surface area contributed by atoms with E-state index in [1.165, 1.54) is 16.9 Å². The van der Waals surface area contributed by atoms with Crippen LogP contribution in [0.15, 0.2) is 54.1 Å². The van der Waals surface area contributed by atoms with Gasteiger partial charge in [-0.3, -0.25) is 0 Å². The van der Waals surface area contributed by atoms with Gasteiger partial charge in [0, 0.05) is 12.4 Å².